The van der Waals surface area contributed by atoms with Crippen LogP contribution in [-0.2, 0) is 52.8 Å². The summed E-state index contributed by atoms with van der Waals surface area (Å²) in [7, 11) is 0. The van der Waals surface area contributed by atoms with Crippen LogP contribution >= 0.6 is 11.3 Å². The molecule has 236 valence electrons. The molecule has 3 aromatic rings. The largest absolute Gasteiger partial charge is 0.480 e. The lowest BCUT2D eigenvalue weighted by Gasteiger charge is -2.22. The number of carbonyl (C=O) groups is 6. The molecular formula is C31H33N5O8S. The number of rotatable bonds is 5. The highest BCUT2D eigenvalue weighted by atomic mass is 32.1. The molecule has 0 spiro atoms. The summed E-state index contributed by atoms with van der Waals surface area (Å²) < 4.78 is 5.23. The first-order valence-corrected chi connectivity index (χ1v) is 15.0. The Labute approximate surface area is 262 Å². The van der Waals surface area contributed by atoms with Crippen LogP contribution in [0.2, 0.25) is 0 Å². The molecule has 0 fully saturated rings. The molecule has 13 nitrogen and oxygen atoms in total. The van der Waals surface area contributed by atoms with E-state index in [4.69, 9.17) is 4.74 Å². The van der Waals surface area contributed by atoms with Crippen molar-refractivity contribution >= 4 is 52.5 Å². The molecule has 6 N–H and O–H groups in total. The number of hydrogen-bond acceptors (Lipinski definition) is 8. The Morgan fingerprint density at radius 2 is 1.47 bits per heavy atom. The number of nitrogens with one attached hydrogen (secondary N) is 5. The molecule has 0 radical (unpaired) electrons. The molecule has 0 saturated heterocycles. The molecule has 0 unspecified atom stereocenters. The van der Waals surface area contributed by atoms with Gasteiger partial charge in [0.15, 0.2) is 0 Å². The maximum absolute atomic E-state index is 13.4. The lowest BCUT2D eigenvalue weighted by Crippen LogP contribution is -2.55. The van der Waals surface area contributed by atoms with E-state index in [9.17, 15) is 33.9 Å². The zero-order valence-corrected chi connectivity index (χ0v) is 24.9. The van der Waals surface area contributed by atoms with Crippen LogP contribution in [0.25, 0.3) is 0 Å². The number of benzene rings is 2. The fourth-order valence-electron chi connectivity index (χ4n) is 4.54. The monoisotopic (exact) mass is 635 g/mol. The molecule has 2 aromatic carbocycles. The summed E-state index contributed by atoms with van der Waals surface area (Å²) in [6.07, 6.45) is 0.133. The maximum Gasteiger partial charge on any atom is 0.326 e. The Morgan fingerprint density at radius 3 is 2.16 bits per heavy atom. The molecule has 3 heterocycles. The second kappa shape index (κ2) is 16.1. The van der Waals surface area contributed by atoms with Gasteiger partial charge in [-0.3, -0.25) is 24.0 Å². The SMILES string of the molecule is O=C1COCC(=O)N[C@H](Cc2cccs2)C(=O)NCC(=O)N[C@H](Cc2ccccc2)C(=O)N[C@H](C(=O)O)Cc2ccc(cc2)N1. The molecule has 5 amide bonds. The minimum atomic E-state index is -1.32. The molecule has 3 atom stereocenters. The van der Waals surface area contributed by atoms with Gasteiger partial charge in [0.25, 0.3) is 0 Å². The predicted molar refractivity (Wildman–Crippen MR) is 164 cm³/mol. The average Bonchev–Trinajstić information content (AvgIpc) is 3.53. The van der Waals surface area contributed by atoms with Gasteiger partial charge in [0.1, 0.15) is 31.3 Å². The van der Waals surface area contributed by atoms with Crippen molar-refractivity contribution in [1.82, 2.24) is 21.3 Å². The standard InChI is InChI=1S/C31H33N5O8S/c37-26-16-32-29(40)24(15-22-7-4-12-45-22)35-28(39)18-44-17-27(38)33-21-10-8-20(9-11-21)14-25(31(42)43)36-30(41)23(34-26)13-19-5-2-1-3-6-19/h1-12,23-25H,13-18H2,(H,32,40)(H,33,38)(H,34,37)(H,35,39)(H,36,41)(H,42,43)/t23-,24-,25+/m1/s1. The molecular weight excluding hydrogens is 602 g/mol. The number of hydrogen-bond donors (Lipinski definition) is 6. The van der Waals surface area contributed by atoms with Gasteiger partial charge in [-0.1, -0.05) is 48.5 Å². The van der Waals surface area contributed by atoms with Crippen LogP contribution < -0.4 is 26.6 Å². The maximum atomic E-state index is 13.4. The van der Waals surface area contributed by atoms with Gasteiger partial charge in [0, 0.05) is 29.8 Å². The number of anilines is 1. The van der Waals surface area contributed by atoms with Crippen LogP contribution in [0.4, 0.5) is 5.69 Å². The normalized spacial score (nSPS) is 20.8. The first-order valence-electron chi connectivity index (χ1n) is 14.1. The summed E-state index contributed by atoms with van der Waals surface area (Å²) >= 11 is 1.39. The van der Waals surface area contributed by atoms with Gasteiger partial charge < -0.3 is 36.4 Å². The molecule has 0 saturated carbocycles. The Kier molecular flexibility index (Phi) is 11.8. The average molecular weight is 636 g/mol. The van der Waals surface area contributed by atoms with E-state index in [-0.39, 0.29) is 19.3 Å². The molecule has 45 heavy (non-hydrogen) atoms. The van der Waals surface area contributed by atoms with Crippen molar-refractivity contribution in [3.8, 4) is 0 Å². The lowest BCUT2D eigenvalue weighted by atomic mass is 10.0. The van der Waals surface area contributed by atoms with Gasteiger partial charge in [-0.25, -0.2) is 4.79 Å². The number of aliphatic carboxylic acids is 1. The fraction of sp³-hybridized carbons (Fsp3) is 0.290. The van der Waals surface area contributed by atoms with Crippen LogP contribution in [0, 0.1) is 0 Å². The first-order chi connectivity index (χ1) is 21.7. The summed E-state index contributed by atoms with van der Waals surface area (Å²) in [4.78, 5) is 77.3. The van der Waals surface area contributed by atoms with Gasteiger partial charge in [-0.05, 0) is 34.7 Å². The first kappa shape index (κ1) is 32.8. The summed E-state index contributed by atoms with van der Waals surface area (Å²) in [5, 5.41) is 24.5. The van der Waals surface area contributed by atoms with E-state index in [2.05, 4.69) is 26.6 Å². The number of carboxylic acid groups (broad SMARTS) is 1. The van der Waals surface area contributed by atoms with Gasteiger partial charge in [0.05, 0.1) is 6.54 Å². The summed E-state index contributed by atoms with van der Waals surface area (Å²) in [6.45, 7) is -1.44. The number of ether oxygens (including phenoxy) is 1. The number of amides is 5. The third-order valence-electron chi connectivity index (χ3n) is 6.75. The van der Waals surface area contributed by atoms with Crippen molar-refractivity contribution in [2.75, 3.05) is 25.1 Å². The summed E-state index contributed by atoms with van der Waals surface area (Å²) in [6, 6.07) is 15.3. The quantitative estimate of drug-likeness (QED) is 0.217. The van der Waals surface area contributed by atoms with E-state index in [1.54, 1.807) is 66.7 Å². The van der Waals surface area contributed by atoms with Crippen molar-refractivity contribution in [2.45, 2.75) is 37.4 Å². The van der Waals surface area contributed by atoms with Crippen LogP contribution in [0.3, 0.4) is 0 Å². The fourth-order valence-corrected chi connectivity index (χ4v) is 5.29. The van der Waals surface area contributed by atoms with Crippen LogP contribution in [0.1, 0.15) is 16.0 Å². The van der Waals surface area contributed by atoms with E-state index < -0.39 is 73.4 Å². The highest BCUT2D eigenvalue weighted by molar-refractivity contribution is 7.09. The van der Waals surface area contributed by atoms with Gasteiger partial charge >= 0.3 is 5.97 Å². The van der Waals surface area contributed by atoms with E-state index in [0.29, 0.717) is 16.8 Å². The minimum Gasteiger partial charge on any atom is -0.480 e. The number of carbonyl (C=O) groups excluding carboxylic acids is 5. The van der Waals surface area contributed by atoms with Gasteiger partial charge in [0.2, 0.25) is 29.5 Å². The highest BCUT2D eigenvalue weighted by Crippen LogP contribution is 2.13. The number of thiophene rings is 1. The van der Waals surface area contributed by atoms with Crippen molar-refractivity contribution in [1.29, 1.82) is 0 Å². The molecule has 2 bridgehead atoms. The van der Waals surface area contributed by atoms with Crippen molar-refractivity contribution in [3.05, 3.63) is 88.1 Å². The third kappa shape index (κ3) is 10.5. The molecule has 2 aliphatic rings. The third-order valence-corrected chi connectivity index (χ3v) is 7.65. The van der Waals surface area contributed by atoms with Crippen molar-refractivity contribution < 1.29 is 38.6 Å². The molecule has 5 rings (SSSR count). The van der Waals surface area contributed by atoms with E-state index in [1.165, 1.54) is 11.3 Å². The zero-order chi connectivity index (χ0) is 32.2. The summed E-state index contributed by atoms with van der Waals surface area (Å²) in [5.74, 6) is -4.51. The second-order valence-corrected chi connectivity index (χ2v) is 11.3. The lowest BCUT2D eigenvalue weighted by molar-refractivity contribution is -0.142. The molecule has 14 heteroatoms. The van der Waals surface area contributed by atoms with Crippen molar-refractivity contribution in [2.24, 2.45) is 0 Å². The van der Waals surface area contributed by atoms with Crippen LogP contribution in [0.15, 0.2) is 72.1 Å². The second-order valence-electron chi connectivity index (χ2n) is 10.3. The Morgan fingerprint density at radius 1 is 0.778 bits per heavy atom. The Bertz CT molecular complexity index is 1500. The minimum absolute atomic E-state index is 0.0597. The number of carboxylic acids is 1. The predicted octanol–water partition coefficient (Wildman–Crippen LogP) is 0.400. The molecule has 2 aliphatic heterocycles. The van der Waals surface area contributed by atoms with E-state index in [1.807, 2.05) is 5.38 Å². The van der Waals surface area contributed by atoms with E-state index >= 15 is 0 Å². The van der Waals surface area contributed by atoms with Crippen molar-refractivity contribution in [3.63, 3.8) is 0 Å². The van der Waals surface area contributed by atoms with E-state index in [0.717, 1.165) is 4.88 Å². The highest BCUT2D eigenvalue weighted by Gasteiger charge is 2.28. The summed E-state index contributed by atoms with van der Waals surface area (Å²) in [5.41, 5.74) is 1.70. The Hall–Kier alpha value is -5.08. The molecule has 0 aliphatic carbocycles. The van der Waals surface area contributed by atoms with Gasteiger partial charge in [-0.2, -0.15) is 0 Å². The number of fused-ring (bicyclic) bond motifs is 19. The van der Waals surface area contributed by atoms with Crippen LogP contribution in [0.5, 0.6) is 0 Å². The Balaban J connectivity index is 1.56. The topological polar surface area (TPSA) is 192 Å². The zero-order valence-electron chi connectivity index (χ0n) is 24.1. The van der Waals surface area contributed by atoms with Gasteiger partial charge in [-0.15, -0.1) is 11.3 Å². The van der Waals surface area contributed by atoms with Crippen LogP contribution in [-0.4, -0.2) is 78.5 Å². The smallest absolute Gasteiger partial charge is 0.326 e. The molecule has 1 aromatic heterocycles.